The summed E-state index contributed by atoms with van der Waals surface area (Å²) in [6.07, 6.45) is 1.59. The van der Waals surface area contributed by atoms with Gasteiger partial charge in [0.1, 0.15) is 0 Å². The first kappa shape index (κ1) is 13.4. The maximum Gasteiger partial charge on any atom is 0.0630 e. The van der Waals surface area contributed by atoms with E-state index in [4.69, 9.17) is 4.74 Å². The average molecular weight is 281 g/mol. The third kappa shape index (κ3) is 3.16. The van der Waals surface area contributed by atoms with Crippen LogP contribution in [0.5, 0.6) is 0 Å². The van der Waals surface area contributed by atoms with Gasteiger partial charge in [0.2, 0.25) is 0 Å². The van der Waals surface area contributed by atoms with Crippen LogP contribution in [0.3, 0.4) is 0 Å². The summed E-state index contributed by atoms with van der Waals surface area (Å²) in [6, 6.07) is 0. The maximum atomic E-state index is 9.74. The Bertz CT molecular complexity index is 173. The zero-order valence-electron chi connectivity index (χ0n) is 9.40. The van der Waals surface area contributed by atoms with Gasteiger partial charge in [-0.3, -0.25) is 0 Å². The second-order valence-corrected chi connectivity index (χ2v) is 5.17. The minimum atomic E-state index is -0.414. The van der Waals surface area contributed by atoms with Crippen LogP contribution in [0.15, 0.2) is 0 Å². The highest BCUT2D eigenvalue weighted by atomic mass is 79.9. The SMILES string of the molecule is COC1CC(CBr)CC(CO)C1C(C)O. The Labute approximate surface area is 100.0 Å². The van der Waals surface area contributed by atoms with Crippen LogP contribution in [0.2, 0.25) is 0 Å². The molecule has 1 aliphatic rings. The normalized spacial score (nSPS) is 39.0. The van der Waals surface area contributed by atoms with Gasteiger partial charge in [0.05, 0.1) is 12.2 Å². The summed E-state index contributed by atoms with van der Waals surface area (Å²) in [6.45, 7) is 1.92. The van der Waals surface area contributed by atoms with Crippen LogP contribution in [-0.4, -0.2) is 41.5 Å². The quantitative estimate of drug-likeness (QED) is 0.766. The third-order valence-electron chi connectivity index (χ3n) is 3.49. The molecule has 0 saturated heterocycles. The van der Waals surface area contributed by atoms with Crippen LogP contribution in [0, 0.1) is 17.8 Å². The van der Waals surface area contributed by atoms with Crippen molar-refractivity contribution in [1.29, 1.82) is 0 Å². The van der Waals surface area contributed by atoms with E-state index in [0.29, 0.717) is 5.92 Å². The van der Waals surface area contributed by atoms with Crippen molar-refractivity contribution >= 4 is 15.9 Å². The lowest BCUT2D eigenvalue weighted by Gasteiger charge is -2.41. The monoisotopic (exact) mass is 280 g/mol. The second kappa shape index (κ2) is 6.18. The standard InChI is InChI=1S/C11H21BrO3/c1-7(14)11-9(6-13)3-8(5-12)4-10(11)15-2/h7-11,13-14H,3-6H2,1-2H3. The molecule has 0 bridgehead atoms. The van der Waals surface area contributed by atoms with Crippen LogP contribution in [0.25, 0.3) is 0 Å². The maximum absolute atomic E-state index is 9.74. The number of aliphatic hydroxyl groups excluding tert-OH is 2. The Morgan fingerprint density at radius 2 is 2.13 bits per heavy atom. The molecule has 0 aromatic rings. The molecule has 5 atom stereocenters. The average Bonchev–Trinajstić information content (AvgIpc) is 2.26. The number of hydrogen-bond donors (Lipinski definition) is 2. The molecule has 3 nitrogen and oxygen atoms in total. The highest BCUT2D eigenvalue weighted by Gasteiger charge is 2.39. The number of rotatable bonds is 4. The number of hydrogen-bond acceptors (Lipinski definition) is 3. The highest BCUT2D eigenvalue weighted by molar-refractivity contribution is 9.09. The summed E-state index contributed by atoms with van der Waals surface area (Å²) in [7, 11) is 1.69. The smallest absolute Gasteiger partial charge is 0.0630 e. The molecule has 0 aromatic heterocycles. The minimum absolute atomic E-state index is 0.0651. The molecule has 90 valence electrons. The van der Waals surface area contributed by atoms with Gasteiger partial charge in [0, 0.05) is 25.0 Å². The van der Waals surface area contributed by atoms with E-state index < -0.39 is 6.10 Å². The first-order valence-electron chi connectivity index (χ1n) is 5.51. The Hall–Kier alpha value is 0.360. The second-order valence-electron chi connectivity index (χ2n) is 4.53. The van der Waals surface area contributed by atoms with Crippen LogP contribution >= 0.6 is 15.9 Å². The number of methoxy groups -OCH3 is 1. The van der Waals surface area contributed by atoms with Gasteiger partial charge in [-0.15, -0.1) is 0 Å². The fourth-order valence-corrected chi connectivity index (χ4v) is 3.28. The van der Waals surface area contributed by atoms with Gasteiger partial charge in [-0.05, 0) is 31.6 Å². The van der Waals surface area contributed by atoms with Crippen molar-refractivity contribution in [1.82, 2.24) is 0 Å². The summed E-state index contributed by atoms with van der Waals surface area (Å²) in [4.78, 5) is 0. The van der Waals surface area contributed by atoms with Crippen LogP contribution in [-0.2, 0) is 4.74 Å². The van der Waals surface area contributed by atoms with Gasteiger partial charge in [0.15, 0.2) is 0 Å². The lowest BCUT2D eigenvalue weighted by molar-refractivity contribution is -0.0815. The van der Waals surface area contributed by atoms with Crippen molar-refractivity contribution in [2.24, 2.45) is 17.8 Å². The molecule has 5 unspecified atom stereocenters. The van der Waals surface area contributed by atoms with Gasteiger partial charge >= 0.3 is 0 Å². The molecule has 1 aliphatic carbocycles. The zero-order valence-corrected chi connectivity index (χ0v) is 11.0. The number of halogens is 1. The summed E-state index contributed by atoms with van der Waals surface area (Å²) in [5, 5.41) is 20.0. The van der Waals surface area contributed by atoms with Crippen molar-refractivity contribution in [3.05, 3.63) is 0 Å². The lowest BCUT2D eigenvalue weighted by Crippen LogP contribution is -2.45. The largest absolute Gasteiger partial charge is 0.396 e. The molecule has 2 N–H and O–H groups in total. The summed E-state index contributed by atoms with van der Waals surface area (Å²) < 4.78 is 5.44. The molecule has 4 heteroatoms. The Morgan fingerprint density at radius 1 is 1.47 bits per heavy atom. The molecule has 0 spiro atoms. The van der Waals surface area contributed by atoms with E-state index in [1.165, 1.54) is 0 Å². The lowest BCUT2D eigenvalue weighted by atomic mass is 9.71. The minimum Gasteiger partial charge on any atom is -0.396 e. The van der Waals surface area contributed by atoms with Crippen LogP contribution < -0.4 is 0 Å². The van der Waals surface area contributed by atoms with Gasteiger partial charge < -0.3 is 14.9 Å². The van der Waals surface area contributed by atoms with Gasteiger partial charge in [-0.1, -0.05) is 15.9 Å². The first-order valence-corrected chi connectivity index (χ1v) is 6.63. The van der Waals surface area contributed by atoms with Crippen LogP contribution in [0.4, 0.5) is 0 Å². The van der Waals surface area contributed by atoms with Gasteiger partial charge in [0.25, 0.3) is 0 Å². The summed E-state index contributed by atoms with van der Waals surface area (Å²) in [5.41, 5.74) is 0. The first-order chi connectivity index (χ1) is 7.13. The molecule has 0 aromatic carbocycles. The van der Waals surface area contributed by atoms with Crippen molar-refractivity contribution < 1.29 is 14.9 Å². The summed E-state index contributed by atoms with van der Waals surface area (Å²) >= 11 is 3.48. The Kier molecular flexibility index (Phi) is 5.53. The van der Waals surface area contributed by atoms with Gasteiger partial charge in [-0.25, -0.2) is 0 Å². The zero-order chi connectivity index (χ0) is 11.4. The number of alkyl halides is 1. The molecule has 1 saturated carbocycles. The topological polar surface area (TPSA) is 49.7 Å². The molecular weight excluding hydrogens is 260 g/mol. The van der Waals surface area contributed by atoms with Crippen molar-refractivity contribution in [2.45, 2.75) is 32.0 Å². The van der Waals surface area contributed by atoms with E-state index in [1.54, 1.807) is 14.0 Å². The van der Waals surface area contributed by atoms with E-state index >= 15 is 0 Å². The Balaban J connectivity index is 2.73. The molecule has 1 rings (SSSR count). The van der Waals surface area contributed by atoms with E-state index in [1.807, 2.05) is 0 Å². The molecule has 15 heavy (non-hydrogen) atoms. The molecule has 0 heterocycles. The third-order valence-corrected chi connectivity index (χ3v) is 4.40. The molecular formula is C11H21BrO3. The predicted octanol–water partition coefficient (Wildman–Crippen LogP) is 1.41. The molecule has 0 aliphatic heterocycles. The number of aliphatic hydroxyl groups is 2. The van der Waals surface area contributed by atoms with E-state index in [0.717, 1.165) is 18.2 Å². The fraction of sp³-hybridized carbons (Fsp3) is 1.00. The summed E-state index contributed by atoms with van der Waals surface area (Å²) in [5.74, 6) is 0.767. The van der Waals surface area contributed by atoms with E-state index in [9.17, 15) is 10.2 Å². The molecule has 0 amide bonds. The van der Waals surface area contributed by atoms with Crippen molar-refractivity contribution in [3.63, 3.8) is 0 Å². The predicted molar refractivity (Wildman–Crippen MR) is 63.1 cm³/mol. The van der Waals surface area contributed by atoms with Gasteiger partial charge in [-0.2, -0.15) is 0 Å². The van der Waals surface area contributed by atoms with E-state index in [2.05, 4.69) is 15.9 Å². The fourth-order valence-electron chi connectivity index (χ4n) is 2.75. The Morgan fingerprint density at radius 3 is 2.53 bits per heavy atom. The highest BCUT2D eigenvalue weighted by Crippen LogP contribution is 2.38. The van der Waals surface area contributed by atoms with Crippen LogP contribution in [0.1, 0.15) is 19.8 Å². The van der Waals surface area contributed by atoms with Crippen molar-refractivity contribution in [2.75, 3.05) is 19.0 Å². The molecule has 0 radical (unpaired) electrons. The molecule has 1 fully saturated rings. The van der Waals surface area contributed by atoms with E-state index in [-0.39, 0.29) is 24.5 Å². The van der Waals surface area contributed by atoms with Crippen molar-refractivity contribution in [3.8, 4) is 0 Å². The number of ether oxygens (including phenoxy) is 1.